The van der Waals surface area contributed by atoms with Crippen molar-refractivity contribution in [2.24, 2.45) is 0 Å². The lowest BCUT2D eigenvalue weighted by molar-refractivity contribution is -0.112. The highest BCUT2D eigenvalue weighted by molar-refractivity contribution is 6.32. The third-order valence-corrected chi connectivity index (χ3v) is 5.96. The second-order valence-electron chi connectivity index (χ2n) is 8.27. The molecule has 4 rings (SSSR count). The fraction of sp³-hybridized carbons (Fsp3) is 0.161. The van der Waals surface area contributed by atoms with Crippen LogP contribution in [-0.2, 0) is 11.4 Å². The lowest BCUT2D eigenvalue weighted by atomic mass is 10.1. The Bertz CT molecular complexity index is 1500. The van der Waals surface area contributed by atoms with E-state index in [9.17, 15) is 10.1 Å². The average molecular weight is 527 g/mol. The Morgan fingerprint density at radius 2 is 1.68 bits per heavy atom. The zero-order chi connectivity index (χ0) is 26.9. The van der Waals surface area contributed by atoms with Gasteiger partial charge in [-0.1, -0.05) is 54.1 Å². The van der Waals surface area contributed by atoms with E-state index in [1.807, 2.05) is 44.2 Å². The van der Waals surface area contributed by atoms with Crippen LogP contribution in [0.4, 0.5) is 5.69 Å². The molecule has 0 radical (unpaired) electrons. The molecule has 7 heteroatoms. The summed E-state index contributed by atoms with van der Waals surface area (Å²) in [5.41, 5.74) is 2.02. The highest BCUT2D eigenvalue weighted by Crippen LogP contribution is 2.38. The van der Waals surface area contributed by atoms with Gasteiger partial charge >= 0.3 is 0 Å². The van der Waals surface area contributed by atoms with Crippen molar-refractivity contribution in [1.82, 2.24) is 0 Å². The smallest absolute Gasteiger partial charge is 0.266 e. The molecule has 1 amide bonds. The van der Waals surface area contributed by atoms with Crippen molar-refractivity contribution in [1.29, 1.82) is 5.26 Å². The zero-order valence-corrected chi connectivity index (χ0v) is 21.9. The number of carbonyl (C=O) groups is 1. The molecule has 0 fully saturated rings. The van der Waals surface area contributed by atoms with Crippen LogP contribution in [0.15, 0.2) is 84.4 Å². The average Bonchev–Trinajstić information content (AvgIpc) is 2.92. The number of ether oxygens (including phenoxy) is 3. The first-order valence-electron chi connectivity index (χ1n) is 12.2. The fourth-order valence-corrected chi connectivity index (χ4v) is 4.23. The molecule has 1 N–H and O–H groups in total. The molecule has 0 saturated heterocycles. The van der Waals surface area contributed by atoms with Crippen LogP contribution >= 0.6 is 11.6 Å². The molecule has 0 aliphatic carbocycles. The second kappa shape index (κ2) is 12.7. The van der Waals surface area contributed by atoms with Crippen LogP contribution in [0.5, 0.6) is 17.2 Å². The predicted molar refractivity (Wildman–Crippen MR) is 151 cm³/mol. The summed E-state index contributed by atoms with van der Waals surface area (Å²) >= 11 is 6.60. The van der Waals surface area contributed by atoms with Gasteiger partial charge in [-0.25, -0.2) is 0 Å². The highest BCUT2D eigenvalue weighted by Gasteiger charge is 2.15. The molecule has 0 spiro atoms. The number of nitrogens with one attached hydrogen (secondary N) is 1. The van der Waals surface area contributed by atoms with Crippen LogP contribution in [-0.4, -0.2) is 19.1 Å². The van der Waals surface area contributed by atoms with Gasteiger partial charge in [-0.05, 0) is 78.2 Å². The summed E-state index contributed by atoms with van der Waals surface area (Å²) in [4.78, 5) is 12.8. The molecular formula is C31H27ClN2O4. The maximum atomic E-state index is 12.8. The number of nitrogens with zero attached hydrogens (tertiary/aromatic N) is 1. The summed E-state index contributed by atoms with van der Waals surface area (Å²) in [5.74, 6) is 0.982. The van der Waals surface area contributed by atoms with E-state index in [2.05, 4.69) is 23.5 Å². The first-order valence-corrected chi connectivity index (χ1v) is 12.6. The van der Waals surface area contributed by atoms with E-state index in [1.54, 1.807) is 36.4 Å². The van der Waals surface area contributed by atoms with E-state index in [1.165, 1.54) is 6.08 Å². The minimum Gasteiger partial charge on any atom is -0.494 e. The SMILES string of the molecule is CCOc1ccc(NC(=O)/C(C#N)=C/c2cc(Cl)c(OCc3cccc4ccccc34)c(OCC)c2)cc1. The van der Waals surface area contributed by atoms with Crippen LogP contribution in [0.2, 0.25) is 5.02 Å². The number of hydrogen-bond donors (Lipinski definition) is 1. The van der Waals surface area contributed by atoms with Gasteiger partial charge in [0.05, 0.1) is 18.2 Å². The van der Waals surface area contributed by atoms with Crippen molar-refractivity contribution in [3.05, 3.63) is 101 Å². The number of rotatable bonds is 10. The van der Waals surface area contributed by atoms with Gasteiger partial charge in [0.1, 0.15) is 24.0 Å². The maximum Gasteiger partial charge on any atom is 0.266 e. The van der Waals surface area contributed by atoms with Gasteiger partial charge < -0.3 is 19.5 Å². The molecule has 38 heavy (non-hydrogen) atoms. The van der Waals surface area contributed by atoms with Crippen molar-refractivity contribution in [2.45, 2.75) is 20.5 Å². The Morgan fingerprint density at radius 3 is 2.42 bits per heavy atom. The number of hydrogen-bond acceptors (Lipinski definition) is 5. The van der Waals surface area contributed by atoms with Gasteiger partial charge in [-0.15, -0.1) is 0 Å². The Morgan fingerprint density at radius 1 is 0.947 bits per heavy atom. The van der Waals surface area contributed by atoms with Crippen LogP contribution in [0.25, 0.3) is 16.8 Å². The van der Waals surface area contributed by atoms with Gasteiger partial charge in [-0.3, -0.25) is 4.79 Å². The summed E-state index contributed by atoms with van der Waals surface area (Å²) in [7, 11) is 0. The molecule has 0 aliphatic heterocycles. The van der Waals surface area contributed by atoms with Gasteiger partial charge in [-0.2, -0.15) is 5.26 Å². The van der Waals surface area contributed by atoms with Gasteiger partial charge in [0.15, 0.2) is 11.5 Å². The van der Waals surface area contributed by atoms with E-state index >= 15 is 0 Å². The molecule has 4 aromatic rings. The molecule has 4 aromatic carbocycles. The van der Waals surface area contributed by atoms with E-state index in [0.717, 1.165) is 16.3 Å². The van der Waals surface area contributed by atoms with Gasteiger partial charge in [0.25, 0.3) is 5.91 Å². The predicted octanol–water partition coefficient (Wildman–Crippen LogP) is 7.42. The number of amides is 1. The Kier molecular flexibility index (Phi) is 8.86. The number of carbonyl (C=O) groups excluding carboxylic acids is 1. The summed E-state index contributed by atoms with van der Waals surface area (Å²) in [6.07, 6.45) is 1.47. The molecule has 6 nitrogen and oxygen atoms in total. The van der Waals surface area contributed by atoms with Crippen molar-refractivity contribution in [2.75, 3.05) is 18.5 Å². The monoisotopic (exact) mass is 526 g/mol. The molecule has 192 valence electrons. The molecule has 0 saturated carbocycles. The van der Waals surface area contributed by atoms with E-state index < -0.39 is 5.91 Å². The third kappa shape index (κ3) is 6.44. The molecule has 0 aromatic heterocycles. The van der Waals surface area contributed by atoms with Crippen molar-refractivity contribution in [3.8, 4) is 23.3 Å². The third-order valence-electron chi connectivity index (χ3n) is 5.68. The summed E-state index contributed by atoms with van der Waals surface area (Å²) in [6, 6.07) is 26.4. The van der Waals surface area contributed by atoms with Crippen LogP contribution in [0.3, 0.4) is 0 Å². The molecule has 0 atom stereocenters. The van der Waals surface area contributed by atoms with Gasteiger partial charge in [0, 0.05) is 5.69 Å². The Balaban J connectivity index is 1.55. The summed E-state index contributed by atoms with van der Waals surface area (Å²) < 4.78 is 17.3. The first kappa shape index (κ1) is 26.6. The van der Waals surface area contributed by atoms with E-state index in [0.29, 0.717) is 53.3 Å². The normalized spacial score (nSPS) is 11.1. The number of benzene rings is 4. The Hall–Kier alpha value is -4.47. The molecule has 0 aliphatic rings. The van der Waals surface area contributed by atoms with Crippen molar-refractivity contribution in [3.63, 3.8) is 0 Å². The molecule has 0 heterocycles. The number of halogens is 1. The zero-order valence-electron chi connectivity index (χ0n) is 21.2. The lowest BCUT2D eigenvalue weighted by Crippen LogP contribution is -2.13. The Labute approximate surface area is 227 Å². The number of nitriles is 1. The quantitative estimate of drug-likeness (QED) is 0.172. The van der Waals surface area contributed by atoms with Crippen LogP contribution in [0.1, 0.15) is 25.0 Å². The topological polar surface area (TPSA) is 80.6 Å². The summed E-state index contributed by atoms with van der Waals surface area (Å²) in [5, 5.41) is 14.9. The molecular weight excluding hydrogens is 500 g/mol. The largest absolute Gasteiger partial charge is 0.494 e. The standard InChI is InChI=1S/C31H27ClN2O4/c1-3-36-26-14-12-25(13-15-26)34-31(35)24(19-33)16-21-17-28(32)30(29(18-21)37-4-2)38-20-23-10-7-9-22-8-5-6-11-27(22)23/h5-18H,3-4,20H2,1-2H3,(H,34,35)/b24-16+. The van der Waals surface area contributed by atoms with Crippen LogP contribution < -0.4 is 19.5 Å². The molecule has 0 unspecified atom stereocenters. The lowest BCUT2D eigenvalue weighted by Gasteiger charge is -2.15. The minimum absolute atomic E-state index is 0.0816. The van der Waals surface area contributed by atoms with E-state index in [4.69, 9.17) is 25.8 Å². The van der Waals surface area contributed by atoms with Crippen molar-refractivity contribution < 1.29 is 19.0 Å². The number of anilines is 1. The van der Waals surface area contributed by atoms with E-state index in [-0.39, 0.29) is 5.57 Å². The van der Waals surface area contributed by atoms with Gasteiger partial charge in [0.2, 0.25) is 0 Å². The van der Waals surface area contributed by atoms with Crippen LogP contribution in [0, 0.1) is 11.3 Å². The second-order valence-corrected chi connectivity index (χ2v) is 8.68. The fourth-order valence-electron chi connectivity index (χ4n) is 3.96. The minimum atomic E-state index is -0.540. The van der Waals surface area contributed by atoms with Crippen molar-refractivity contribution >= 4 is 40.0 Å². The molecule has 0 bridgehead atoms. The summed E-state index contributed by atoms with van der Waals surface area (Å²) in [6.45, 7) is 4.98. The maximum absolute atomic E-state index is 12.8. The highest BCUT2D eigenvalue weighted by atomic mass is 35.5. The first-order chi connectivity index (χ1) is 18.5. The number of fused-ring (bicyclic) bond motifs is 1.